The first-order chi connectivity index (χ1) is 6.79. The molecule has 0 unspecified atom stereocenters. The predicted octanol–water partition coefficient (Wildman–Crippen LogP) is -0.924. The van der Waals surface area contributed by atoms with E-state index in [2.05, 4.69) is 9.98 Å². The number of carbonyl (C=O) groups excluding carboxylic acids is 2. The highest BCUT2D eigenvalue weighted by Crippen LogP contribution is 2.04. The molecular weight excluding hydrogens is 180 g/mol. The van der Waals surface area contributed by atoms with Crippen LogP contribution in [0, 0.1) is 0 Å². The van der Waals surface area contributed by atoms with Crippen LogP contribution in [-0.4, -0.2) is 24.7 Å². The Balaban J connectivity index is 2.68. The lowest BCUT2D eigenvalue weighted by Crippen LogP contribution is -2.44. The first-order valence-corrected chi connectivity index (χ1v) is 4.22. The van der Waals surface area contributed by atoms with E-state index < -0.39 is 5.54 Å². The molecule has 0 bridgehead atoms. The number of nitrogens with zero attached hydrogens (tertiary/aromatic N) is 2. The van der Waals surface area contributed by atoms with Crippen LogP contribution in [0.5, 0.6) is 0 Å². The van der Waals surface area contributed by atoms with Gasteiger partial charge >= 0.3 is 0 Å². The molecule has 1 heterocycles. The number of carbonyl (C=O) groups is 2. The minimum atomic E-state index is -1.30. The van der Waals surface area contributed by atoms with Crippen LogP contribution in [0.2, 0.25) is 0 Å². The lowest BCUT2D eigenvalue weighted by molar-refractivity contribution is -0.120. The van der Waals surface area contributed by atoms with E-state index in [9.17, 15) is 9.59 Å². The Morgan fingerprint density at radius 2 is 1.79 bits per heavy atom. The van der Waals surface area contributed by atoms with Crippen LogP contribution < -0.4 is 10.7 Å². The number of rotatable bonds is 2. The van der Waals surface area contributed by atoms with Crippen molar-refractivity contribution in [2.45, 2.75) is 5.54 Å². The standard InChI is InChI=1S/C10H8N2O2/c13-6-10(7-14)5-11-8-3-1-2-4-9(8)12-10/h1-4,6-7H,5H2. The number of aldehydes is 2. The fourth-order valence-corrected chi connectivity index (χ4v) is 1.32. The zero-order chi connectivity index (χ0) is 10.0. The second-order valence-electron chi connectivity index (χ2n) is 3.14. The van der Waals surface area contributed by atoms with Gasteiger partial charge in [0.25, 0.3) is 0 Å². The van der Waals surface area contributed by atoms with Crippen molar-refractivity contribution in [3.8, 4) is 0 Å². The summed E-state index contributed by atoms with van der Waals surface area (Å²) in [6, 6.07) is 7.17. The summed E-state index contributed by atoms with van der Waals surface area (Å²) in [7, 11) is 0. The summed E-state index contributed by atoms with van der Waals surface area (Å²) in [5.74, 6) is 0. The van der Waals surface area contributed by atoms with Crippen molar-refractivity contribution >= 4 is 12.6 Å². The van der Waals surface area contributed by atoms with Gasteiger partial charge in [-0.25, -0.2) is 0 Å². The number of hydrogen-bond acceptors (Lipinski definition) is 4. The number of fused-ring (bicyclic) bond motifs is 1. The van der Waals surface area contributed by atoms with E-state index >= 15 is 0 Å². The maximum atomic E-state index is 10.7. The van der Waals surface area contributed by atoms with E-state index in [1.807, 2.05) is 6.07 Å². The second kappa shape index (κ2) is 3.14. The molecule has 0 saturated carbocycles. The Kier molecular flexibility index (Phi) is 1.96. The van der Waals surface area contributed by atoms with Gasteiger partial charge in [-0.1, -0.05) is 12.1 Å². The Hall–Kier alpha value is -1.84. The topological polar surface area (TPSA) is 58.9 Å². The molecule has 0 N–H and O–H groups in total. The molecule has 0 aliphatic carbocycles. The van der Waals surface area contributed by atoms with Crippen LogP contribution in [0.3, 0.4) is 0 Å². The molecule has 0 saturated heterocycles. The average Bonchev–Trinajstić information content (AvgIpc) is 2.28. The lowest BCUT2D eigenvalue weighted by atomic mass is 10.0. The van der Waals surface area contributed by atoms with E-state index in [-0.39, 0.29) is 6.54 Å². The van der Waals surface area contributed by atoms with Gasteiger partial charge in [0.1, 0.15) is 0 Å². The van der Waals surface area contributed by atoms with Crippen LogP contribution in [0.25, 0.3) is 0 Å². The third-order valence-corrected chi connectivity index (χ3v) is 2.12. The van der Waals surface area contributed by atoms with E-state index in [1.54, 1.807) is 18.2 Å². The third kappa shape index (κ3) is 1.25. The fraction of sp³-hybridized carbons (Fsp3) is 0.200. The van der Waals surface area contributed by atoms with Crippen LogP contribution in [0.15, 0.2) is 34.3 Å². The highest BCUT2D eigenvalue weighted by molar-refractivity contribution is 5.90. The van der Waals surface area contributed by atoms with E-state index in [0.29, 0.717) is 17.9 Å². The Labute approximate surface area is 80.0 Å². The molecule has 70 valence electrons. The molecule has 1 aromatic rings. The highest BCUT2D eigenvalue weighted by Gasteiger charge is 2.29. The number of para-hydroxylation sites is 2. The summed E-state index contributed by atoms with van der Waals surface area (Å²) in [5.41, 5.74) is -1.30. The normalized spacial score (nSPS) is 17.1. The summed E-state index contributed by atoms with van der Waals surface area (Å²) < 4.78 is 0. The van der Waals surface area contributed by atoms with E-state index in [1.165, 1.54) is 0 Å². The summed E-state index contributed by atoms with van der Waals surface area (Å²) >= 11 is 0. The van der Waals surface area contributed by atoms with Crippen LogP contribution in [0.1, 0.15) is 0 Å². The average molecular weight is 188 g/mol. The number of benzene rings is 1. The van der Waals surface area contributed by atoms with E-state index in [4.69, 9.17) is 0 Å². The molecule has 4 heteroatoms. The molecule has 1 aromatic carbocycles. The van der Waals surface area contributed by atoms with Gasteiger partial charge < -0.3 is 9.59 Å². The molecule has 1 aliphatic rings. The molecule has 14 heavy (non-hydrogen) atoms. The first kappa shape index (κ1) is 8.74. The SMILES string of the molecule is O=CC1(C=O)CN=c2ccccc2=N1. The van der Waals surface area contributed by atoms with Gasteiger partial charge in [-0.15, -0.1) is 0 Å². The second-order valence-corrected chi connectivity index (χ2v) is 3.14. The van der Waals surface area contributed by atoms with Gasteiger partial charge in [-0.3, -0.25) is 9.98 Å². The monoisotopic (exact) mass is 188 g/mol. The fourth-order valence-electron chi connectivity index (χ4n) is 1.32. The molecule has 1 aliphatic heterocycles. The molecule has 0 fully saturated rings. The maximum Gasteiger partial charge on any atom is 0.190 e. The largest absolute Gasteiger partial charge is 0.300 e. The van der Waals surface area contributed by atoms with Crippen LogP contribution in [0.4, 0.5) is 0 Å². The quantitative estimate of drug-likeness (QED) is 0.445. The van der Waals surface area contributed by atoms with Gasteiger partial charge in [0, 0.05) is 0 Å². The summed E-state index contributed by atoms with van der Waals surface area (Å²) in [4.78, 5) is 29.7. The molecule has 0 amide bonds. The molecular formula is C10H8N2O2. The first-order valence-electron chi connectivity index (χ1n) is 4.22. The minimum absolute atomic E-state index is 0.108. The van der Waals surface area contributed by atoms with Crippen LogP contribution in [-0.2, 0) is 9.59 Å². The van der Waals surface area contributed by atoms with Crippen molar-refractivity contribution in [2.24, 2.45) is 9.98 Å². The van der Waals surface area contributed by atoms with Gasteiger partial charge in [0.05, 0.1) is 17.3 Å². The molecule has 2 rings (SSSR count). The molecule has 0 spiro atoms. The molecule has 0 radical (unpaired) electrons. The maximum absolute atomic E-state index is 10.7. The van der Waals surface area contributed by atoms with Crippen LogP contribution >= 0.6 is 0 Å². The Bertz CT molecular complexity index is 485. The van der Waals surface area contributed by atoms with Gasteiger partial charge in [0.2, 0.25) is 0 Å². The molecule has 0 aromatic heterocycles. The van der Waals surface area contributed by atoms with Crippen molar-refractivity contribution in [1.82, 2.24) is 0 Å². The van der Waals surface area contributed by atoms with Crippen molar-refractivity contribution in [2.75, 3.05) is 6.54 Å². The highest BCUT2D eigenvalue weighted by atomic mass is 16.1. The van der Waals surface area contributed by atoms with Gasteiger partial charge in [-0.05, 0) is 12.1 Å². The molecule has 4 nitrogen and oxygen atoms in total. The Morgan fingerprint density at radius 1 is 1.14 bits per heavy atom. The predicted molar refractivity (Wildman–Crippen MR) is 48.5 cm³/mol. The summed E-state index contributed by atoms with van der Waals surface area (Å²) in [6.45, 7) is 0.108. The van der Waals surface area contributed by atoms with Crippen molar-refractivity contribution < 1.29 is 9.59 Å². The van der Waals surface area contributed by atoms with Crippen molar-refractivity contribution in [3.63, 3.8) is 0 Å². The zero-order valence-corrected chi connectivity index (χ0v) is 7.38. The zero-order valence-electron chi connectivity index (χ0n) is 7.38. The Morgan fingerprint density at radius 3 is 2.43 bits per heavy atom. The third-order valence-electron chi connectivity index (χ3n) is 2.12. The smallest absolute Gasteiger partial charge is 0.190 e. The van der Waals surface area contributed by atoms with Crippen molar-refractivity contribution in [3.05, 3.63) is 35.0 Å². The lowest BCUT2D eigenvalue weighted by Gasteiger charge is -2.16. The summed E-state index contributed by atoms with van der Waals surface area (Å²) in [5, 5.41) is 1.32. The van der Waals surface area contributed by atoms with Gasteiger partial charge in [0.15, 0.2) is 18.1 Å². The minimum Gasteiger partial charge on any atom is -0.300 e. The van der Waals surface area contributed by atoms with E-state index in [0.717, 1.165) is 5.36 Å². The summed E-state index contributed by atoms with van der Waals surface area (Å²) in [6.07, 6.45) is 1.08. The number of hydrogen-bond donors (Lipinski definition) is 0. The van der Waals surface area contributed by atoms with Gasteiger partial charge in [-0.2, -0.15) is 0 Å². The van der Waals surface area contributed by atoms with Crippen molar-refractivity contribution in [1.29, 1.82) is 0 Å². The molecule has 0 atom stereocenters.